The second kappa shape index (κ2) is 14.2. The van der Waals surface area contributed by atoms with Gasteiger partial charge < -0.3 is 27.0 Å². The fraction of sp³-hybridized carbons (Fsp3) is 0.310. The maximum atomic E-state index is 13.7. The van der Waals surface area contributed by atoms with E-state index in [0.29, 0.717) is 31.5 Å². The number of guanidine groups is 1. The molecule has 1 aromatic heterocycles. The van der Waals surface area contributed by atoms with E-state index >= 15 is 0 Å². The van der Waals surface area contributed by atoms with E-state index in [1.807, 2.05) is 42.5 Å². The van der Waals surface area contributed by atoms with Crippen LogP contribution in [0.5, 0.6) is 0 Å². The lowest BCUT2D eigenvalue weighted by molar-refractivity contribution is -0.128. The van der Waals surface area contributed by atoms with E-state index in [1.54, 1.807) is 17.5 Å². The Hall–Kier alpha value is -4.58. The number of aromatic nitrogens is 1. The van der Waals surface area contributed by atoms with Crippen molar-refractivity contribution in [2.75, 3.05) is 18.0 Å². The maximum Gasteiger partial charge on any atom is 0.250 e. The molecule has 0 spiro atoms. The Kier molecular flexibility index (Phi) is 10.2. The van der Waals surface area contributed by atoms with E-state index < -0.39 is 18.0 Å². The Bertz CT molecular complexity index is 1390. The quantitative estimate of drug-likeness (QED) is 0.110. The van der Waals surface area contributed by atoms with Gasteiger partial charge in [0.1, 0.15) is 12.6 Å². The van der Waals surface area contributed by atoms with Crippen molar-refractivity contribution < 1.29 is 19.2 Å². The second-order valence-electron chi connectivity index (χ2n) is 9.64. The van der Waals surface area contributed by atoms with Crippen molar-refractivity contribution in [3.8, 4) is 0 Å². The number of carbonyl (C=O) groups is 4. The molecule has 2 atom stereocenters. The number of nitrogens with two attached hydrogens (primary N) is 2. The summed E-state index contributed by atoms with van der Waals surface area (Å²) in [4.78, 5) is 62.4. The van der Waals surface area contributed by atoms with Gasteiger partial charge in [0.25, 0.3) is 0 Å². The molecule has 41 heavy (non-hydrogen) atoms. The number of fused-ring (bicyclic) bond motifs is 1. The SMILES string of the molecule is NC(N)=NCCC[C@H](NC(=O)CN1C(=O)C(NC(=O)Cc2ccccc2)CCc2ccccc21)C(=O)c1nccs1. The molecule has 1 unspecified atom stereocenters. The molecule has 0 aliphatic carbocycles. The first kappa shape index (κ1) is 29.4. The van der Waals surface area contributed by atoms with Gasteiger partial charge in [0.2, 0.25) is 23.5 Å². The van der Waals surface area contributed by atoms with E-state index in [0.717, 1.165) is 11.1 Å². The zero-order valence-corrected chi connectivity index (χ0v) is 23.3. The normalized spacial score (nSPS) is 15.3. The number of para-hydroxylation sites is 1. The smallest absolute Gasteiger partial charge is 0.250 e. The number of rotatable bonds is 12. The predicted molar refractivity (Wildman–Crippen MR) is 157 cm³/mol. The lowest BCUT2D eigenvalue weighted by Gasteiger charge is -2.27. The molecule has 4 rings (SSSR count). The van der Waals surface area contributed by atoms with Gasteiger partial charge in [-0.25, -0.2) is 4.98 Å². The fourth-order valence-corrected chi connectivity index (χ4v) is 5.32. The molecule has 0 saturated carbocycles. The molecule has 2 aromatic carbocycles. The van der Waals surface area contributed by atoms with Gasteiger partial charge in [-0.05, 0) is 42.9 Å². The van der Waals surface area contributed by atoms with E-state index in [4.69, 9.17) is 11.5 Å². The highest BCUT2D eigenvalue weighted by Gasteiger charge is 2.33. The molecule has 214 valence electrons. The maximum absolute atomic E-state index is 13.7. The molecule has 12 heteroatoms. The number of aliphatic imine (C=N–C) groups is 1. The molecule has 3 aromatic rings. The van der Waals surface area contributed by atoms with Gasteiger partial charge in [0, 0.05) is 23.8 Å². The number of amides is 3. The number of anilines is 1. The van der Waals surface area contributed by atoms with Crippen molar-refractivity contribution in [3.05, 3.63) is 82.3 Å². The lowest BCUT2D eigenvalue weighted by Crippen LogP contribution is -2.52. The number of aryl methyl sites for hydroxylation is 1. The number of hydrogen-bond donors (Lipinski definition) is 4. The summed E-state index contributed by atoms with van der Waals surface area (Å²) >= 11 is 1.18. The fourth-order valence-electron chi connectivity index (χ4n) is 4.69. The molecule has 0 bridgehead atoms. The van der Waals surface area contributed by atoms with Crippen LogP contribution in [-0.4, -0.2) is 59.6 Å². The van der Waals surface area contributed by atoms with Crippen LogP contribution in [0.2, 0.25) is 0 Å². The Labute approximate surface area is 242 Å². The van der Waals surface area contributed by atoms with Crippen LogP contribution in [0.1, 0.15) is 40.2 Å². The first-order valence-electron chi connectivity index (χ1n) is 13.3. The Morgan fingerprint density at radius 1 is 1.07 bits per heavy atom. The summed E-state index contributed by atoms with van der Waals surface area (Å²) < 4.78 is 0. The van der Waals surface area contributed by atoms with Gasteiger partial charge >= 0.3 is 0 Å². The number of benzene rings is 2. The monoisotopic (exact) mass is 575 g/mol. The molecule has 11 nitrogen and oxygen atoms in total. The first-order valence-corrected chi connectivity index (χ1v) is 14.2. The summed E-state index contributed by atoms with van der Waals surface area (Å²) in [5.41, 5.74) is 13.1. The Balaban J connectivity index is 1.49. The molecule has 0 radical (unpaired) electrons. The van der Waals surface area contributed by atoms with Crippen LogP contribution in [0.4, 0.5) is 5.69 Å². The van der Waals surface area contributed by atoms with Crippen molar-refractivity contribution in [2.24, 2.45) is 16.5 Å². The summed E-state index contributed by atoms with van der Waals surface area (Å²) in [5, 5.41) is 7.60. The number of hydrogen-bond acceptors (Lipinski definition) is 7. The minimum absolute atomic E-state index is 0.0550. The molecule has 1 aliphatic heterocycles. The molecule has 2 heterocycles. The number of carbonyl (C=O) groups excluding carboxylic acids is 4. The molecule has 0 saturated heterocycles. The van der Waals surface area contributed by atoms with Crippen molar-refractivity contribution in [1.82, 2.24) is 15.6 Å². The minimum Gasteiger partial charge on any atom is -0.370 e. The first-order chi connectivity index (χ1) is 19.8. The van der Waals surface area contributed by atoms with Crippen LogP contribution in [-0.2, 0) is 27.2 Å². The lowest BCUT2D eigenvalue weighted by atomic mass is 10.1. The Morgan fingerprint density at radius 2 is 1.83 bits per heavy atom. The Morgan fingerprint density at radius 3 is 2.56 bits per heavy atom. The third-order valence-electron chi connectivity index (χ3n) is 6.63. The zero-order valence-electron chi connectivity index (χ0n) is 22.5. The third kappa shape index (κ3) is 8.21. The van der Waals surface area contributed by atoms with E-state index in [2.05, 4.69) is 20.6 Å². The summed E-state index contributed by atoms with van der Waals surface area (Å²) in [6.07, 6.45) is 3.33. The molecular formula is C29H33N7O4S. The summed E-state index contributed by atoms with van der Waals surface area (Å²) in [5.74, 6) is -1.56. The standard InChI is InChI=1S/C29H33N7O4S/c30-29(31)33-14-6-10-21(26(39)27-32-15-16-41-27)34-25(38)18-36-23-11-5-4-9-20(23)12-13-22(28(36)40)35-24(37)17-19-7-2-1-3-8-19/h1-5,7-9,11,15-16,21-22H,6,10,12-14,17-18H2,(H,34,38)(H,35,37)(H4,30,31,33)/t21-,22?/m0/s1. The van der Waals surface area contributed by atoms with E-state index in [9.17, 15) is 19.2 Å². The van der Waals surface area contributed by atoms with Crippen LogP contribution in [0, 0.1) is 0 Å². The molecule has 6 N–H and O–H groups in total. The largest absolute Gasteiger partial charge is 0.370 e. The molecular weight excluding hydrogens is 542 g/mol. The minimum atomic E-state index is -0.874. The highest BCUT2D eigenvalue weighted by atomic mass is 32.1. The van der Waals surface area contributed by atoms with Gasteiger partial charge in [-0.3, -0.25) is 24.2 Å². The van der Waals surface area contributed by atoms with Gasteiger partial charge in [0.05, 0.1) is 12.5 Å². The van der Waals surface area contributed by atoms with E-state index in [1.165, 1.54) is 22.4 Å². The van der Waals surface area contributed by atoms with Crippen LogP contribution in [0.25, 0.3) is 0 Å². The van der Waals surface area contributed by atoms with Crippen molar-refractivity contribution in [2.45, 2.75) is 44.2 Å². The summed E-state index contributed by atoms with van der Waals surface area (Å²) in [6.45, 7) is -0.0291. The van der Waals surface area contributed by atoms with Crippen LogP contribution < -0.4 is 27.0 Å². The van der Waals surface area contributed by atoms with Crippen molar-refractivity contribution in [1.29, 1.82) is 0 Å². The van der Waals surface area contributed by atoms with Crippen molar-refractivity contribution >= 4 is 46.5 Å². The van der Waals surface area contributed by atoms with E-state index in [-0.39, 0.29) is 48.0 Å². The zero-order chi connectivity index (χ0) is 29.2. The average Bonchev–Trinajstić information content (AvgIpc) is 3.47. The van der Waals surface area contributed by atoms with Crippen molar-refractivity contribution in [3.63, 3.8) is 0 Å². The number of Topliss-reactive ketones (excluding diaryl/α,β-unsaturated/α-hetero) is 1. The van der Waals surface area contributed by atoms with Gasteiger partial charge in [-0.2, -0.15) is 0 Å². The van der Waals surface area contributed by atoms with Gasteiger partial charge in [0.15, 0.2) is 11.0 Å². The third-order valence-corrected chi connectivity index (χ3v) is 7.42. The molecule has 0 fully saturated rings. The molecule has 3 amide bonds. The number of nitrogens with zero attached hydrogens (tertiary/aromatic N) is 3. The summed E-state index contributed by atoms with van der Waals surface area (Å²) in [6, 6.07) is 14.9. The number of ketones is 1. The summed E-state index contributed by atoms with van der Waals surface area (Å²) in [7, 11) is 0. The average molecular weight is 576 g/mol. The predicted octanol–water partition coefficient (Wildman–Crippen LogP) is 1.57. The van der Waals surface area contributed by atoms with Gasteiger partial charge in [-0.1, -0.05) is 48.5 Å². The number of thiazole rings is 1. The van der Waals surface area contributed by atoms with Gasteiger partial charge in [-0.15, -0.1) is 11.3 Å². The van der Waals surface area contributed by atoms with Crippen LogP contribution in [0.15, 0.2) is 71.2 Å². The highest BCUT2D eigenvalue weighted by molar-refractivity contribution is 7.11. The second-order valence-corrected chi connectivity index (χ2v) is 10.5. The highest BCUT2D eigenvalue weighted by Crippen LogP contribution is 2.27. The van der Waals surface area contributed by atoms with Crippen LogP contribution in [0.3, 0.4) is 0 Å². The molecule has 1 aliphatic rings. The van der Waals surface area contributed by atoms with Crippen LogP contribution >= 0.6 is 11.3 Å². The number of nitrogens with one attached hydrogen (secondary N) is 2. The topological polar surface area (TPSA) is 173 Å².